The fourth-order valence-electron chi connectivity index (χ4n) is 3.36. The van der Waals surface area contributed by atoms with Crippen molar-refractivity contribution >= 4 is 21.5 Å². The summed E-state index contributed by atoms with van der Waals surface area (Å²) < 4.78 is 30.3. The van der Waals surface area contributed by atoms with Crippen molar-refractivity contribution in [3.05, 3.63) is 66.4 Å². The minimum absolute atomic E-state index is 0.193. The van der Waals surface area contributed by atoms with Crippen molar-refractivity contribution in [1.82, 2.24) is 20.4 Å². The van der Waals surface area contributed by atoms with Gasteiger partial charge in [0, 0.05) is 23.7 Å². The van der Waals surface area contributed by atoms with Gasteiger partial charge in [0.1, 0.15) is 5.69 Å². The van der Waals surface area contributed by atoms with Gasteiger partial charge in [0.25, 0.3) is 0 Å². The van der Waals surface area contributed by atoms with Gasteiger partial charge in [-0.05, 0) is 38.5 Å². The van der Waals surface area contributed by atoms with Crippen LogP contribution in [0.3, 0.4) is 0 Å². The van der Waals surface area contributed by atoms with Crippen LogP contribution >= 0.6 is 0 Å². The Labute approximate surface area is 203 Å². The normalized spacial score (nSPS) is 11.5. The summed E-state index contributed by atoms with van der Waals surface area (Å²) in [5.41, 5.74) is 10.2. The number of hydrogen-bond donors (Lipinski definition) is 3. The highest BCUT2D eigenvalue weighted by Crippen LogP contribution is 2.30. The molecule has 4 N–H and O–H groups in total. The van der Waals surface area contributed by atoms with Crippen LogP contribution in [0.1, 0.15) is 26.3 Å². The molecule has 4 aromatic rings. The predicted molar refractivity (Wildman–Crippen MR) is 135 cm³/mol. The zero-order chi connectivity index (χ0) is 25.2. The van der Waals surface area contributed by atoms with Gasteiger partial charge in [-0.25, -0.2) is 18.4 Å². The highest BCUT2D eigenvalue weighted by molar-refractivity contribution is 7.92. The van der Waals surface area contributed by atoms with Crippen LogP contribution < -0.4 is 11.1 Å². The summed E-state index contributed by atoms with van der Waals surface area (Å²) >= 11 is 0. The number of amidine groups is 1. The number of nitrogen functional groups attached to an aromatic ring is 1. The van der Waals surface area contributed by atoms with E-state index < -0.39 is 15.1 Å². The van der Waals surface area contributed by atoms with Crippen molar-refractivity contribution in [2.45, 2.75) is 37.5 Å². The van der Waals surface area contributed by atoms with Gasteiger partial charge < -0.3 is 15.6 Å². The van der Waals surface area contributed by atoms with Crippen LogP contribution in [0.4, 0.5) is 5.82 Å². The fourth-order valence-corrected chi connectivity index (χ4v) is 4.42. The topological polar surface area (TPSA) is 148 Å². The molecule has 180 valence electrons. The third-order valence-electron chi connectivity index (χ3n) is 5.45. The molecule has 0 atom stereocenters. The van der Waals surface area contributed by atoms with Crippen molar-refractivity contribution < 1.29 is 12.9 Å². The molecule has 0 fully saturated rings. The zero-order valence-corrected chi connectivity index (χ0v) is 20.4. The molecule has 0 bridgehead atoms. The minimum atomic E-state index is -3.36. The second-order valence-electron chi connectivity index (χ2n) is 8.36. The summed E-state index contributed by atoms with van der Waals surface area (Å²) in [7, 11) is -3.36. The molecule has 10 heteroatoms. The maximum absolute atomic E-state index is 12.4. The first-order valence-corrected chi connectivity index (χ1v) is 12.5. The maximum Gasteiger partial charge on any atom is 0.189 e. The summed E-state index contributed by atoms with van der Waals surface area (Å²) in [6.07, 6.45) is 1.53. The van der Waals surface area contributed by atoms with Crippen LogP contribution in [-0.2, 0) is 16.4 Å². The van der Waals surface area contributed by atoms with Gasteiger partial charge >= 0.3 is 0 Å². The SMILES string of the molecule is CC(=N)NCc1ccc(-c2cc(-c3nc(-c4ccc(S(=O)(=O)C(C)C)cc4)cnc3N)on2)cc1. The van der Waals surface area contributed by atoms with Crippen molar-refractivity contribution in [2.75, 3.05) is 5.73 Å². The smallest absolute Gasteiger partial charge is 0.189 e. The number of nitrogens with one attached hydrogen (secondary N) is 2. The van der Waals surface area contributed by atoms with Gasteiger partial charge in [0.05, 0.1) is 27.9 Å². The monoisotopic (exact) mass is 490 g/mol. The lowest BCUT2D eigenvalue weighted by atomic mass is 10.1. The highest BCUT2D eigenvalue weighted by Gasteiger charge is 2.20. The Bertz CT molecular complexity index is 1460. The summed E-state index contributed by atoms with van der Waals surface area (Å²) in [5, 5.41) is 14.1. The molecule has 0 aliphatic rings. The van der Waals surface area contributed by atoms with Crippen LogP contribution in [0.25, 0.3) is 34.0 Å². The number of anilines is 1. The van der Waals surface area contributed by atoms with Crippen LogP contribution in [-0.4, -0.2) is 34.6 Å². The Morgan fingerprint density at radius 1 is 1.06 bits per heavy atom. The average molecular weight is 491 g/mol. The molecule has 0 aliphatic carbocycles. The second-order valence-corrected chi connectivity index (χ2v) is 10.9. The lowest BCUT2D eigenvalue weighted by Gasteiger charge is -2.09. The van der Waals surface area contributed by atoms with Crippen molar-refractivity contribution in [3.8, 4) is 34.0 Å². The molecule has 0 radical (unpaired) electrons. The summed E-state index contributed by atoms with van der Waals surface area (Å²) in [5.74, 6) is 0.975. The lowest BCUT2D eigenvalue weighted by Crippen LogP contribution is -2.18. The van der Waals surface area contributed by atoms with Gasteiger partial charge in [-0.15, -0.1) is 0 Å². The third-order valence-corrected chi connectivity index (χ3v) is 7.62. The largest absolute Gasteiger partial charge is 0.382 e. The summed E-state index contributed by atoms with van der Waals surface area (Å²) in [6.45, 7) is 5.57. The molecule has 9 nitrogen and oxygen atoms in total. The van der Waals surface area contributed by atoms with E-state index in [1.54, 1.807) is 51.1 Å². The van der Waals surface area contributed by atoms with Gasteiger partial charge in [-0.3, -0.25) is 5.41 Å². The number of rotatable bonds is 7. The van der Waals surface area contributed by atoms with Crippen molar-refractivity contribution in [3.63, 3.8) is 0 Å². The Kier molecular flexibility index (Phi) is 6.65. The molecule has 4 rings (SSSR count). The Hall–Kier alpha value is -4.05. The van der Waals surface area contributed by atoms with Crippen molar-refractivity contribution in [2.24, 2.45) is 0 Å². The molecule has 2 heterocycles. The van der Waals surface area contributed by atoms with E-state index in [1.165, 1.54) is 6.20 Å². The van der Waals surface area contributed by atoms with E-state index in [2.05, 4.69) is 20.4 Å². The molecular weight excluding hydrogens is 464 g/mol. The Balaban J connectivity index is 1.59. The van der Waals surface area contributed by atoms with E-state index in [0.717, 1.165) is 11.1 Å². The zero-order valence-electron chi connectivity index (χ0n) is 19.6. The number of hydrogen-bond acceptors (Lipinski definition) is 8. The van der Waals surface area contributed by atoms with E-state index in [4.69, 9.17) is 15.7 Å². The van der Waals surface area contributed by atoms with E-state index in [0.29, 0.717) is 40.8 Å². The van der Waals surface area contributed by atoms with Crippen LogP contribution in [0.5, 0.6) is 0 Å². The standard InChI is InChI=1S/C25H26N6O3S/c1-15(2)35(32,33)20-10-8-19(9-11-20)22-14-29-25(27)24(30-22)23-12-21(31-34-23)18-6-4-17(5-7-18)13-28-16(3)26/h4-12,14-15H,13H2,1-3H3,(H2,26,28)(H2,27,29). The molecule has 35 heavy (non-hydrogen) atoms. The molecule has 2 aromatic carbocycles. The fraction of sp³-hybridized carbons (Fsp3) is 0.200. The Morgan fingerprint density at radius 3 is 2.31 bits per heavy atom. The van der Waals surface area contributed by atoms with Crippen LogP contribution in [0.15, 0.2) is 70.2 Å². The molecule has 0 unspecified atom stereocenters. The Morgan fingerprint density at radius 2 is 1.69 bits per heavy atom. The first-order valence-electron chi connectivity index (χ1n) is 11.0. The van der Waals surface area contributed by atoms with E-state index in [9.17, 15) is 8.42 Å². The predicted octanol–water partition coefficient (Wildman–Crippen LogP) is 4.32. The van der Waals surface area contributed by atoms with Crippen LogP contribution in [0.2, 0.25) is 0 Å². The third kappa shape index (κ3) is 5.22. The number of benzene rings is 2. The summed E-state index contributed by atoms with van der Waals surface area (Å²) in [6, 6.07) is 16.0. The van der Waals surface area contributed by atoms with E-state index in [-0.39, 0.29) is 10.7 Å². The number of sulfone groups is 1. The molecule has 0 spiro atoms. The van der Waals surface area contributed by atoms with Crippen molar-refractivity contribution in [1.29, 1.82) is 5.41 Å². The van der Waals surface area contributed by atoms with Gasteiger partial charge in [0.15, 0.2) is 27.1 Å². The number of nitrogens with zero attached hydrogens (tertiary/aromatic N) is 3. The molecule has 0 amide bonds. The molecule has 0 saturated carbocycles. The van der Waals surface area contributed by atoms with Gasteiger partial charge in [-0.2, -0.15) is 0 Å². The van der Waals surface area contributed by atoms with Gasteiger partial charge in [-0.1, -0.05) is 41.6 Å². The highest BCUT2D eigenvalue weighted by atomic mass is 32.2. The quantitative estimate of drug-likeness (QED) is 0.256. The van der Waals surface area contributed by atoms with E-state index >= 15 is 0 Å². The van der Waals surface area contributed by atoms with Crippen LogP contribution in [0, 0.1) is 5.41 Å². The molecule has 0 saturated heterocycles. The first-order chi connectivity index (χ1) is 16.6. The maximum atomic E-state index is 12.4. The van der Waals surface area contributed by atoms with E-state index in [1.807, 2.05) is 24.3 Å². The molecular formula is C25H26N6O3S. The second kappa shape index (κ2) is 9.67. The summed E-state index contributed by atoms with van der Waals surface area (Å²) in [4.78, 5) is 9.11. The number of nitrogens with two attached hydrogens (primary N) is 1. The van der Waals surface area contributed by atoms with Gasteiger partial charge in [0.2, 0.25) is 0 Å². The number of aromatic nitrogens is 3. The molecule has 0 aliphatic heterocycles. The first kappa shape index (κ1) is 24.1. The molecule has 2 aromatic heterocycles. The lowest BCUT2D eigenvalue weighted by molar-refractivity contribution is 0.434. The minimum Gasteiger partial charge on any atom is -0.382 e. The average Bonchev–Trinajstić information content (AvgIpc) is 3.33.